The molecule has 1 saturated heterocycles. The molecule has 0 bridgehead atoms. The number of benzene rings is 1. The fraction of sp³-hybridized carbons (Fsp3) is 0.444. The van der Waals surface area contributed by atoms with Crippen LogP contribution in [0.15, 0.2) is 24.3 Å². The van der Waals surface area contributed by atoms with Gasteiger partial charge in [-0.1, -0.05) is 0 Å². The number of carbonyl (C=O) groups excluding carboxylic acids is 1. The van der Waals surface area contributed by atoms with Gasteiger partial charge in [-0.2, -0.15) is 8.78 Å². The number of aromatic nitrogens is 1. The second-order valence-corrected chi connectivity index (χ2v) is 7.43. The van der Waals surface area contributed by atoms with Crippen LogP contribution in [0.25, 0.3) is 11.3 Å². The number of thiazole rings is 1. The molecule has 0 unspecified atom stereocenters. The molecule has 2 heterocycles. The summed E-state index contributed by atoms with van der Waals surface area (Å²) in [4.78, 5) is 18.1. The number of hydrogen-bond acceptors (Lipinski definition) is 6. The summed E-state index contributed by atoms with van der Waals surface area (Å²) >= 11 is 1.36. The third-order valence-electron chi connectivity index (χ3n) is 4.59. The van der Waals surface area contributed by atoms with Crippen molar-refractivity contribution in [2.24, 2.45) is 0 Å². The number of methoxy groups -OCH3 is 1. The summed E-state index contributed by atoms with van der Waals surface area (Å²) in [5.41, 5.74) is 0.601. The molecule has 0 atom stereocenters. The predicted molar refractivity (Wildman–Crippen MR) is 99.4 cm³/mol. The molecular weight excluding hydrogens is 376 g/mol. The predicted octanol–water partition coefficient (Wildman–Crippen LogP) is 3.43. The van der Waals surface area contributed by atoms with E-state index in [1.807, 2.05) is 6.92 Å². The van der Waals surface area contributed by atoms with E-state index in [1.54, 1.807) is 19.2 Å². The minimum absolute atomic E-state index is 0.0862. The van der Waals surface area contributed by atoms with Crippen LogP contribution in [0.4, 0.5) is 13.9 Å². The molecule has 2 N–H and O–H groups in total. The minimum Gasteiger partial charge on any atom is -0.435 e. The summed E-state index contributed by atoms with van der Waals surface area (Å²) in [5.74, 6) is -0.115. The van der Waals surface area contributed by atoms with E-state index in [0.29, 0.717) is 23.7 Å². The van der Waals surface area contributed by atoms with Gasteiger partial charge in [0.15, 0.2) is 5.13 Å². The fourth-order valence-corrected chi connectivity index (χ4v) is 3.91. The van der Waals surface area contributed by atoms with E-state index in [1.165, 1.54) is 23.5 Å². The van der Waals surface area contributed by atoms with Gasteiger partial charge < -0.3 is 14.8 Å². The Morgan fingerprint density at radius 2 is 1.96 bits per heavy atom. The molecular formula is C18H21F2N3O3S. The van der Waals surface area contributed by atoms with Crippen molar-refractivity contribution in [3.63, 3.8) is 0 Å². The first-order valence-corrected chi connectivity index (χ1v) is 9.35. The highest BCUT2D eigenvalue weighted by molar-refractivity contribution is 7.16. The maximum absolute atomic E-state index is 12.7. The Labute approximate surface area is 159 Å². The molecule has 0 radical (unpaired) electrons. The second kappa shape index (κ2) is 8.28. The number of alkyl halides is 2. The molecule has 1 aliphatic rings. The number of halogens is 2. The first-order valence-electron chi connectivity index (χ1n) is 8.53. The van der Waals surface area contributed by atoms with Gasteiger partial charge in [-0.05, 0) is 57.1 Å². The summed E-state index contributed by atoms with van der Waals surface area (Å²) in [6.07, 6.45) is 1.19. The van der Waals surface area contributed by atoms with Crippen molar-refractivity contribution < 1.29 is 23.0 Å². The zero-order valence-electron chi connectivity index (χ0n) is 15.1. The Bertz CT molecular complexity index is 790. The summed E-state index contributed by atoms with van der Waals surface area (Å²) in [6, 6.07) is 6.25. The van der Waals surface area contributed by atoms with Gasteiger partial charge >= 0.3 is 6.61 Å². The topological polar surface area (TPSA) is 72.5 Å². The number of hydrogen-bond donors (Lipinski definition) is 2. The number of anilines is 1. The number of nitrogens with zero attached hydrogens (tertiary/aromatic N) is 1. The summed E-state index contributed by atoms with van der Waals surface area (Å²) in [5, 5.41) is 6.56. The molecule has 0 aliphatic carbocycles. The summed E-state index contributed by atoms with van der Waals surface area (Å²) < 4.78 is 34.4. The van der Waals surface area contributed by atoms with E-state index in [4.69, 9.17) is 4.74 Å². The average molecular weight is 397 g/mol. The highest BCUT2D eigenvalue weighted by atomic mass is 32.1. The molecule has 1 aromatic carbocycles. The Hall–Kier alpha value is -2.10. The Morgan fingerprint density at radius 1 is 1.30 bits per heavy atom. The SMILES string of the molecule is COC1(C(=O)Nc2nc(-c3ccc(OC(F)F)cc3)c(C)s2)CCNCC1. The highest BCUT2D eigenvalue weighted by Gasteiger charge is 2.40. The molecule has 1 aliphatic heterocycles. The molecule has 1 amide bonds. The lowest BCUT2D eigenvalue weighted by atomic mass is 9.91. The molecule has 3 rings (SSSR count). The van der Waals surface area contributed by atoms with Gasteiger partial charge in [0.1, 0.15) is 11.4 Å². The minimum atomic E-state index is -2.86. The zero-order chi connectivity index (χ0) is 19.4. The van der Waals surface area contributed by atoms with Gasteiger partial charge in [-0.3, -0.25) is 10.1 Å². The monoisotopic (exact) mass is 397 g/mol. The molecule has 1 aromatic heterocycles. The largest absolute Gasteiger partial charge is 0.435 e. The second-order valence-electron chi connectivity index (χ2n) is 6.23. The molecule has 6 nitrogen and oxygen atoms in total. The van der Waals surface area contributed by atoms with Crippen LogP contribution in [0.3, 0.4) is 0 Å². The number of amides is 1. The average Bonchev–Trinajstić information content (AvgIpc) is 3.02. The van der Waals surface area contributed by atoms with Gasteiger partial charge in [-0.25, -0.2) is 4.98 Å². The van der Waals surface area contributed by atoms with E-state index in [-0.39, 0.29) is 11.7 Å². The van der Waals surface area contributed by atoms with Crippen LogP contribution >= 0.6 is 11.3 Å². The van der Waals surface area contributed by atoms with Crippen molar-refractivity contribution in [3.8, 4) is 17.0 Å². The van der Waals surface area contributed by atoms with Crippen molar-refractivity contribution in [1.82, 2.24) is 10.3 Å². The fourth-order valence-electron chi connectivity index (χ4n) is 3.08. The van der Waals surface area contributed by atoms with Crippen LogP contribution in [0.2, 0.25) is 0 Å². The molecule has 0 spiro atoms. The van der Waals surface area contributed by atoms with Crippen molar-refractivity contribution >= 4 is 22.4 Å². The van der Waals surface area contributed by atoms with Gasteiger partial charge in [0.2, 0.25) is 0 Å². The number of rotatable bonds is 6. The molecule has 0 saturated carbocycles. The van der Waals surface area contributed by atoms with Gasteiger partial charge in [0.25, 0.3) is 5.91 Å². The molecule has 9 heteroatoms. The van der Waals surface area contributed by atoms with Gasteiger partial charge in [0.05, 0.1) is 5.69 Å². The first-order chi connectivity index (χ1) is 12.9. The smallest absolute Gasteiger partial charge is 0.387 e. The third kappa shape index (κ3) is 4.42. The van der Waals surface area contributed by atoms with Gasteiger partial charge in [0, 0.05) is 17.6 Å². The molecule has 27 heavy (non-hydrogen) atoms. The summed E-state index contributed by atoms with van der Waals surface area (Å²) in [6.45, 7) is 0.470. The van der Waals surface area contributed by atoms with Crippen LogP contribution in [0.5, 0.6) is 5.75 Å². The van der Waals surface area contributed by atoms with E-state index < -0.39 is 12.2 Å². The quantitative estimate of drug-likeness (QED) is 0.781. The number of ether oxygens (including phenoxy) is 2. The number of aryl methyl sites for hydroxylation is 1. The Balaban J connectivity index is 1.75. The van der Waals surface area contributed by atoms with E-state index in [0.717, 1.165) is 23.5 Å². The first kappa shape index (κ1) is 19.7. The van der Waals surface area contributed by atoms with E-state index in [9.17, 15) is 13.6 Å². The van der Waals surface area contributed by atoms with Gasteiger partial charge in [-0.15, -0.1) is 11.3 Å². The van der Waals surface area contributed by atoms with Crippen LogP contribution in [0, 0.1) is 6.92 Å². The van der Waals surface area contributed by atoms with Crippen LogP contribution in [0.1, 0.15) is 17.7 Å². The lowest BCUT2D eigenvalue weighted by Crippen LogP contribution is -2.51. The molecule has 146 valence electrons. The zero-order valence-corrected chi connectivity index (χ0v) is 15.9. The Morgan fingerprint density at radius 3 is 2.56 bits per heavy atom. The van der Waals surface area contributed by atoms with Crippen LogP contribution < -0.4 is 15.4 Å². The molecule has 2 aromatic rings. The number of piperidine rings is 1. The Kier molecular flexibility index (Phi) is 6.03. The number of carbonyl (C=O) groups is 1. The van der Waals surface area contributed by atoms with Crippen molar-refractivity contribution in [2.75, 3.05) is 25.5 Å². The summed E-state index contributed by atoms with van der Waals surface area (Å²) in [7, 11) is 1.55. The normalized spacial score (nSPS) is 16.3. The van der Waals surface area contributed by atoms with Crippen molar-refractivity contribution in [2.45, 2.75) is 32.0 Å². The maximum Gasteiger partial charge on any atom is 0.387 e. The lowest BCUT2D eigenvalue weighted by Gasteiger charge is -2.34. The number of nitrogens with one attached hydrogen (secondary N) is 2. The van der Waals surface area contributed by atoms with Crippen molar-refractivity contribution in [1.29, 1.82) is 0 Å². The third-order valence-corrected chi connectivity index (χ3v) is 5.47. The van der Waals surface area contributed by atoms with E-state index >= 15 is 0 Å². The standard InChI is InChI=1S/C18H21F2N3O3S/c1-11-14(12-3-5-13(6-4-12)26-16(19)20)22-17(27-11)23-15(24)18(25-2)7-9-21-10-8-18/h3-6,16,21H,7-10H2,1-2H3,(H,22,23,24). The molecule has 1 fully saturated rings. The van der Waals surface area contributed by atoms with Crippen LogP contribution in [-0.4, -0.2) is 43.3 Å². The van der Waals surface area contributed by atoms with Crippen LogP contribution in [-0.2, 0) is 9.53 Å². The van der Waals surface area contributed by atoms with E-state index in [2.05, 4.69) is 20.4 Å². The van der Waals surface area contributed by atoms with Crippen molar-refractivity contribution in [3.05, 3.63) is 29.1 Å². The lowest BCUT2D eigenvalue weighted by molar-refractivity contribution is -0.140. The highest BCUT2D eigenvalue weighted by Crippen LogP contribution is 2.33. The maximum atomic E-state index is 12.7.